The Labute approximate surface area is 108 Å². The Hall–Kier alpha value is -1.68. The Bertz CT molecular complexity index is 487. The average Bonchev–Trinajstić information content (AvgIpc) is 2.81. The van der Waals surface area contributed by atoms with Gasteiger partial charge in [0.2, 0.25) is 0 Å². The van der Waals surface area contributed by atoms with Gasteiger partial charge in [-0.25, -0.2) is 4.98 Å². The molecule has 4 heteroatoms. The number of hydrogen-bond acceptors (Lipinski definition) is 3. The second kappa shape index (κ2) is 5.78. The SMILES string of the molecule is CCc1ccc(C(C)NCc2ncnn2C)cc1. The van der Waals surface area contributed by atoms with Crippen molar-refractivity contribution in [2.45, 2.75) is 32.9 Å². The van der Waals surface area contributed by atoms with Crippen molar-refractivity contribution in [1.82, 2.24) is 20.1 Å². The molecule has 0 radical (unpaired) electrons. The highest BCUT2D eigenvalue weighted by atomic mass is 15.3. The number of nitrogens with one attached hydrogen (secondary N) is 1. The van der Waals surface area contributed by atoms with E-state index >= 15 is 0 Å². The second-order valence-electron chi connectivity index (χ2n) is 4.50. The highest BCUT2D eigenvalue weighted by molar-refractivity contribution is 5.24. The summed E-state index contributed by atoms with van der Waals surface area (Å²) < 4.78 is 1.79. The summed E-state index contributed by atoms with van der Waals surface area (Å²) in [6.45, 7) is 5.06. The van der Waals surface area contributed by atoms with Gasteiger partial charge in [0.25, 0.3) is 0 Å². The lowest BCUT2D eigenvalue weighted by Crippen LogP contribution is -2.20. The van der Waals surface area contributed by atoms with Crippen LogP contribution >= 0.6 is 0 Å². The molecule has 0 aliphatic rings. The Kier molecular flexibility index (Phi) is 4.10. The topological polar surface area (TPSA) is 42.7 Å². The molecule has 0 amide bonds. The molecule has 2 rings (SSSR count). The zero-order valence-corrected chi connectivity index (χ0v) is 11.2. The van der Waals surface area contributed by atoms with E-state index in [-0.39, 0.29) is 0 Å². The summed E-state index contributed by atoms with van der Waals surface area (Å²) in [5.74, 6) is 0.951. The summed E-state index contributed by atoms with van der Waals surface area (Å²) in [6, 6.07) is 9.07. The van der Waals surface area contributed by atoms with Crippen LogP contribution in [0.1, 0.15) is 36.8 Å². The molecule has 0 spiro atoms. The van der Waals surface area contributed by atoms with Crippen molar-refractivity contribution in [3.05, 3.63) is 47.5 Å². The van der Waals surface area contributed by atoms with Gasteiger partial charge in [0.05, 0.1) is 6.54 Å². The molecular weight excluding hydrogens is 224 g/mol. The zero-order chi connectivity index (χ0) is 13.0. The largest absolute Gasteiger partial charge is 0.303 e. The summed E-state index contributed by atoms with van der Waals surface area (Å²) in [5.41, 5.74) is 2.67. The first kappa shape index (κ1) is 12.8. The van der Waals surface area contributed by atoms with Gasteiger partial charge in [-0.3, -0.25) is 4.68 Å². The van der Waals surface area contributed by atoms with E-state index in [4.69, 9.17) is 0 Å². The molecule has 1 aromatic heterocycles. The Morgan fingerprint density at radius 1 is 1.28 bits per heavy atom. The van der Waals surface area contributed by atoms with Gasteiger partial charge in [-0.05, 0) is 24.5 Å². The van der Waals surface area contributed by atoms with Crippen LogP contribution in [0, 0.1) is 0 Å². The molecule has 0 aliphatic carbocycles. The van der Waals surface area contributed by atoms with Gasteiger partial charge in [0.1, 0.15) is 12.2 Å². The van der Waals surface area contributed by atoms with Crippen molar-refractivity contribution in [3.8, 4) is 0 Å². The molecule has 96 valence electrons. The summed E-state index contributed by atoms with van der Waals surface area (Å²) in [5, 5.41) is 7.51. The molecule has 0 saturated heterocycles. The quantitative estimate of drug-likeness (QED) is 0.877. The first-order valence-corrected chi connectivity index (χ1v) is 6.35. The zero-order valence-electron chi connectivity index (χ0n) is 11.2. The van der Waals surface area contributed by atoms with Gasteiger partial charge < -0.3 is 5.32 Å². The number of rotatable bonds is 5. The minimum atomic E-state index is 0.313. The second-order valence-corrected chi connectivity index (χ2v) is 4.50. The predicted octanol–water partition coefficient (Wildman–Crippen LogP) is 2.23. The van der Waals surface area contributed by atoms with Crippen LogP contribution in [0.4, 0.5) is 0 Å². The molecule has 2 aromatic rings. The smallest absolute Gasteiger partial charge is 0.140 e. The van der Waals surface area contributed by atoms with Crippen LogP contribution in [-0.2, 0) is 20.0 Å². The first-order chi connectivity index (χ1) is 8.70. The van der Waals surface area contributed by atoms with E-state index in [1.807, 2.05) is 7.05 Å². The van der Waals surface area contributed by atoms with Crippen LogP contribution in [0.5, 0.6) is 0 Å². The normalized spacial score (nSPS) is 12.6. The fourth-order valence-corrected chi connectivity index (χ4v) is 1.88. The van der Waals surface area contributed by atoms with Gasteiger partial charge in [-0.2, -0.15) is 5.10 Å². The lowest BCUT2D eigenvalue weighted by atomic mass is 10.1. The third-order valence-electron chi connectivity index (χ3n) is 3.26. The van der Waals surface area contributed by atoms with Gasteiger partial charge in [-0.1, -0.05) is 31.2 Å². The van der Waals surface area contributed by atoms with Crippen molar-refractivity contribution < 1.29 is 0 Å². The molecule has 1 aromatic carbocycles. The van der Waals surface area contributed by atoms with Crippen LogP contribution in [0.2, 0.25) is 0 Å². The minimum absolute atomic E-state index is 0.313. The van der Waals surface area contributed by atoms with Gasteiger partial charge in [-0.15, -0.1) is 0 Å². The van der Waals surface area contributed by atoms with E-state index < -0.39 is 0 Å². The van der Waals surface area contributed by atoms with E-state index in [2.05, 4.69) is 53.5 Å². The van der Waals surface area contributed by atoms with Crippen molar-refractivity contribution >= 4 is 0 Å². The van der Waals surface area contributed by atoms with Gasteiger partial charge in [0.15, 0.2) is 0 Å². The Morgan fingerprint density at radius 3 is 2.56 bits per heavy atom. The van der Waals surface area contributed by atoms with Crippen molar-refractivity contribution in [3.63, 3.8) is 0 Å². The maximum absolute atomic E-state index is 4.20. The first-order valence-electron chi connectivity index (χ1n) is 6.35. The van der Waals surface area contributed by atoms with Crippen molar-refractivity contribution in [1.29, 1.82) is 0 Å². The summed E-state index contributed by atoms with van der Waals surface area (Å²) in [4.78, 5) is 4.20. The fraction of sp³-hybridized carbons (Fsp3) is 0.429. The van der Waals surface area contributed by atoms with E-state index in [9.17, 15) is 0 Å². The van der Waals surface area contributed by atoms with Crippen molar-refractivity contribution in [2.75, 3.05) is 0 Å². The molecule has 0 bridgehead atoms. The van der Waals surface area contributed by atoms with Crippen LogP contribution in [0.3, 0.4) is 0 Å². The van der Waals surface area contributed by atoms with Crippen LogP contribution in [-0.4, -0.2) is 14.8 Å². The van der Waals surface area contributed by atoms with Crippen LogP contribution in [0.25, 0.3) is 0 Å². The highest BCUT2D eigenvalue weighted by Gasteiger charge is 2.06. The third kappa shape index (κ3) is 2.96. The molecule has 4 nitrogen and oxygen atoms in total. The van der Waals surface area contributed by atoms with Crippen molar-refractivity contribution in [2.24, 2.45) is 7.05 Å². The monoisotopic (exact) mass is 244 g/mol. The fourth-order valence-electron chi connectivity index (χ4n) is 1.88. The Balaban J connectivity index is 1.94. The average molecular weight is 244 g/mol. The maximum Gasteiger partial charge on any atom is 0.140 e. The Morgan fingerprint density at radius 2 is 2.00 bits per heavy atom. The molecule has 1 heterocycles. The third-order valence-corrected chi connectivity index (χ3v) is 3.26. The predicted molar refractivity (Wildman–Crippen MR) is 72.1 cm³/mol. The molecule has 1 unspecified atom stereocenters. The molecule has 0 aliphatic heterocycles. The van der Waals surface area contributed by atoms with E-state index in [1.54, 1.807) is 11.0 Å². The molecule has 1 N–H and O–H groups in total. The lowest BCUT2D eigenvalue weighted by molar-refractivity contribution is 0.540. The van der Waals surface area contributed by atoms with Gasteiger partial charge >= 0.3 is 0 Å². The van der Waals surface area contributed by atoms with E-state index in [0.29, 0.717) is 6.04 Å². The number of aryl methyl sites for hydroxylation is 2. The maximum atomic E-state index is 4.20. The molecule has 0 saturated carbocycles. The van der Waals surface area contributed by atoms with Gasteiger partial charge in [0, 0.05) is 13.1 Å². The number of nitrogens with zero attached hydrogens (tertiary/aromatic N) is 3. The molecule has 0 fully saturated rings. The summed E-state index contributed by atoms with van der Waals surface area (Å²) in [7, 11) is 1.91. The number of hydrogen-bond donors (Lipinski definition) is 1. The standard InChI is InChI=1S/C14H20N4/c1-4-12-5-7-13(8-6-12)11(2)15-9-14-16-10-17-18(14)3/h5-8,10-11,15H,4,9H2,1-3H3. The number of aromatic nitrogens is 3. The molecular formula is C14H20N4. The van der Waals surface area contributed by atoms with E-state index in [0.717, 1.165) is 18.8 Å². The van der Waals surface area contributed by atoms with Crippen LogP contribution < -0.4 is 5.32 Å². The van der Waals surface area contributed by atoms with Crippen LogP contribution in [0.15, 0.2) is 30.6 Å². The number of benzene rings is 1. The molecule has 1 atom stereocenters. The lowest BCUT2D eigenvalue weighted by Gasteiger charge is -2.14. The highest BCUT2D eigenvalue weighted by Crippen LogP contribution is 2.14. The minimum Gasteiger partial charge on any atom is -0.303 e. The molecule has 18 heavy (non-hydrogen) atoms. The summed E-state index contributed by atoms with van der Waals surface area (Å²) in [6.07, 6.45) is 2.67. The van der Waals surface area contributed by atoms with E-state index in [1.165, 1.54) is 11.1 Å². The summed E-state index contributed by atoms with van der Waals surface area (Å²) >= 11 is 0.